The van der Waals surface area contributed by atoms with Gasteiger partial charge in [0.25, 0.3) is 10.0 Å². The van der Waals surface area contributed by atoms with Crippen molar-refractivity contribution in [3.8, 4) is 0 Å². The maximum absolute atomic E-state index is 13.6. The highest BCUT2D eigenvalue weighted by molar-refractivity contribution is 7.92. The lowest BCUT2D eigenvalue weighted by atomic mass is 10.3. The van der Waals surface area contributed by atoms with E-state index in [1.807, 2.05) is 0 Å². The van der Waals surface area contributed by atoms with Crippen LogP contribution in [0.4, 0.5) is 10.1 Å². The van der Waals surface area contributed by atoms with Gasteiger partial charge in [-0.05, 0) is 12.1 Å². The van der Waals surface area contributed by atoms with Crippen molar-refractivity contribution in [2.75, 3.05) is 11.3 Å². The van der Waals surface area contributed by atoms with Gasteiger partial charge in [-0.3, -0.25) is 9.40 Å². The largest absolute Gasteiger partial charge is 0.329 e. The van der Waals surface area contributed by atoms with Crippen LogP contribution in [0, 0.1) is 5.82 Å². The summed E-state index contributed by atoms with van der Waals surface area (Å²) >= 11 is 5.77. The molecule has 108 valence electrons. The number of anilines is 1. The lowest BCUT2D eigenvalue weighted by Crippen LogP contribution is -2.14. The van der Waals surface area contributed by atoms with Crippen LogP contribution in [0.15, 0.2) is 35.5 Å². The van der Waals surface area contributed by atoms with Crippen LogP contribution < -0.4 is 10.5 Å². The fourth-order valence-corrected chi connectivity index (χ4v) is 2.83. The summed E-state index contributed by atoms with van der Waals surface area (Å²) in [5.41, 5.74) is 5.06. The van der Waals surface area contributed by atoms with E-state index in [1.165, 1.54) is 23.0 Å². The van der Waals surface area contributed by atoms with Crippen LogP contribution in [0.2, 0.25) is 5.02 Å². The molecule has 6 nitrogen and oxygen atoms in total. The van der Waals surface area contributed by atoms with Crippen molar-refractivity contribution in [2.45, 2.75) is 11.4 Å². The van der Waals surface area contributed by atoms with Gasteiger partial charge in [-0.15, -0.1) is 0 Å². The van der Waals surface area contributed by atoms with Crippen LogP contribution >= 0.6 is 11.6 Å². The molecule has 0 amide bonds. The van der Waals surface area contributed by atoms with Crippen molar-refractivity contribution in [3.05, 3.63) is 41.4 Å². The van der Waals surface area contributed by atoms with Crippen molar-refractivity contribution in [1.82, 2.24) is 9.78 Å². The van der Waals surface area contributed by atoms with E-state index in [1.54, 1.807) is 0 Å². The molecule has 0 atom stereocenters. The van der Waals surface area contributed by atoms with E-state index >= 15 is 0 Å². The Morgan fingerprint density at radius 2 is 2.20 bits per heavy atom. The Morgan fingerprint density at radius 1 is 1.45 bits per heavy atom. The van der Waals surface area contributed by atoms with Crippen molar-refractivity contribution in [3.63, 3.8) is 0 Å². The van der Waals surface area contributed by atoms with E-state index < -0.39 is 15.8 Å². The minimum absolute atomic E-state index is 0.0251. The highest BCUT2D eigenvalue weighted by Gasteiger charge is 2.20. The highest BCUT2D eigenvalue weighted by atomic mass is 35.5. The van der Waals surface area contributed by atoms with Crippen LogP contribution in [-0.4, -0.2) is 24.7 Å². The van der Waals surface area contributed by atoms with E-state index in [9.17, 15) is 12.8 Å². The van der Waals surface area contributed by atoms with Gasteiger partial charge < -0.3 is 5.73 Å². The maximum atomic E-state index is 13.6. The van der Waals surface area contributed by atoms with Crippen molar-refractivity contribution >= 4 is 27.3 Å². The second-order valence-corrected chi connectivity index (χ2v) is 6.02. The third-order valence-electron chi connectivity index (χ3n) is 2.48. The molecule has 0 bridgehead atoms. The summed E-state index contributed by atoms with van der Waals surface area (Å²) in [6, 6.07) is 3.89. The zero-order chi connectivity index (χ0) is 14.8. The predicted molar refractivity (Wildman–Crippen MR) is 73.5 cm³/mol. The molecule has 20 heavy (non-hydrogen) atoms. The molecule has 9 heteroatoms. The quantitative estimate of drug-likeness (QED) is 0.872. The standard InChI is InChI=1S/C11H12ClFN4O2S/c12-9-2-1-3-10(13)11(9)16-20(18,19)8-6-15-17(7-8)5-4-14/h1-3,6-7,16H,4-5,14H2. The SMILES string of the molecule is NCCn1cc(S(=O)(=O)Nc2c(F)cccc2Cl)cn1. The lowest BCUT2D eigenvalue weighted by Gasteiger charge is -2.08. The molecule has 1 heterocycles. The van der Waals surface area contributed by atoms with Gasteiger partial charge in [-0.2, -0.15) is 5.10 Å². The number of para-hydroxylation sites is 1. The zero-order valence-corrected chi connectivity index (χ0v) is 11.8. The molecule has 0 aliphatic heterocycles. The molecule has 0 unspecified atom stereocenters. The number of hydrogen-bond acceptors (Lipinski definition) is 4. The van der Waals surface area contributed by atoms with Crippen molar-refractivity contribution in [1.29, 1.82) is 0 Å². The van der Waals surface area contributed by atoms with Crippen LogP contribution in [0.3, 0.4) is 0 Å². The van der Waals surface area contributed by atoms with Crippen molar-refractivity contribution in [2.24, 2.45) is 5.73 Å². The van der Waals surface area contributed by atoms with Gasteiger partial charge in [0, 0.05) is 12.7 Å². The van der Waals surface area contributed by atoms with E-state index in [-0.39, 0.29) is 15.6 Å². The monoisotopic (exact) mass is 318 g/mol. The Bertz CT molecular complexity index is 697. The first-order valence-electron chi connectivity index (χ1n) is 5.63. The molecule has 3 N–H and O–H groups in total. The van der Waals surface area contributed by atoms with E-state index in [4.69, 9.17) is 17.3 Å². The Hall–Kier alpha value is -1.64. The number of nitrogens with zero attached hydrogens (tertiary/aromatic N) is 2. The predicted octanol–water partition coefficient (Wildman–Crippen LogP) is 1.44. The van der Waals surface area contributed by atoms with Gasteiger partial charge in [0.1, 0.15) is 16.4 Å². The van der Waals surface area contributed by atoms with E-state index in [0.29, 0.717) is 13.1 Å². The summed E-state index contributed by atoms with van der Waals surface area (Å²) in [5.74, 6) is -0.754. The van der Waals surface area contributed by atoms with Gasteiger partial charge in [-0.25, -0.2) is 12.8 Å². The topological polar surface area (TPSA) is 90.0 Å². The average molecular weight is 319 g/mol. The molecule has 0 fully saturated rings. The van der Waals surface area contributed by atoms with Crippen molar-refractivity contribution < 1.29 is 12.8 Å². The molecule has 1 aromatic carbocycles. The second kappa shape index (κ2) is 5.78. The third-order valence-corrected chi connectivity index (χ3v) is 4.10. The maximum Gasteiger partial charge on any atom is 0.265 e. The molecular weight excluding hydrogens is 307 g/mol. The number of halogens is 2. The number of sulfonamides is 1. The van der Waals surface area contributed by atoms with Gasteiger partial charge in [-0.1, -0.05) is 17.7 Å². The number of nitrogens with two attached hydrogens (primary N) is 1. The summed E-state index contributed by atoms with van der Waals surface area (Å²) in [6.45, 7) is 0.712. The van der Waals surface area contributed by atoms with E-state index in [2.05, 4.69) is 9.82 Å². The first-order valence-corrected chi connectivity index (χ1v) is 7.49. The van der Waals surface area contributed by atoms with Gasteiger partial charge >= 0.3 is 0 Å². The second-order valence-electron chi connectivity index (χ2n) is 3.93. The van der Waals surface area contributed by atoms with Crippen LogP contribution in [-0.2, 0) is 16.6 Å². The smallest absolute Gasteiger partial charge is 0.265 e. The summed E-state index contributed by atoms with van der Waals surface area (Å²) in [5, 5.41) is 3.82. The number of aromatic nitrogens is 2. The first-order chi connectivity index (χ1) is 9.44. The Labute approximate surface area is 120 Å². The van der Waals surface area contributed by atoms with Crippen LogP contribution in [0.25, 0.3) is 0 Å². The summed E-state index contributed by atoms with van der Waals surface area (Å²) in [7, 11) is -3.95. The number of rotatable bonds is 5. The minimum atomic E-state index is -3.95. The number of hydrogen-bond donors (Lipinski definition) is 2. The Morgan fingerprint density at radius 3 is 2.85 bits per heavy atom. The molecular formula is C11H12ClFN4O2S. The fraction of sp³-hybridized carbons (Fsp3) is 0.182. The molecule has 0 aliphatic carbocycles. The summed E-state index contributed by atoms with van der Waals surface area (Å²) in [4.78, 5) is -0.0923. The number of benzene rings is 1. The fourth-order valence-electron chi connectivity index (χ4n) is 1.53. The first kappa shape index (κ1) is 14.8. The molecule has 0 spiro atoms. The molecule has 0 saturated heterocycles. The number of nitrogens with one attached hydrogen (secondary N) is 1. The van der Waals surface area contributed by atoms with Crippen LogP contribution in [0.1, 0.15) is 0 Å². The van der Waals surface area contributed by atoms with Gasteiger partial charge in [0.15, 0.2) is 0 Å². The van der Waals surface area contributed by atoms with Crippen LogP contribution in [0.5, 0.6) is 0 Å². The average Bonchev–Trinajstić information content (AvgIpc) is 2.84. The normalized spacial score (nSPS) is 11.6. The molecule has 1 aromatic heterocycles. The molecule has 0 saturated carbocycles. The zero-order valence-electron chi connectivity index (χ0n) is 10.3. The summed E-state index contributed by atoms with van der Waals surface area (Å²) < 4.78 is 41.3. The molecule has 0 radical (unpaired) electrons. The minimum Gasteiger partial charge on any atom is -0.329 e. The molecule has 2 rings (SSSR count). The molecule has 0 aliphatic rings. The Kier molecular flexibility index (Phi) is 4.26. The third kappa shape index (κ3) is 3.09. The van der Waals surface area contributed by atoms with Gasteiger partial charge in [0.05, 0.1) is 17.8 Å². The highest BCUT2D eigenvalue weighted by Crippen LogP contribution is 2.27. The lowest BCUT2D eigenvalue weighted by molar-refractivity contribution is 0.597. The van der Waals surface area contributed by atoms with Gasteiger partial charge in [0.2, 0.25) is 0 Å². The summed E-state index contributed by atoms with van der Waals surface area (Å²) in [6.07, 6.45) is 2.47. The Balaban J connectivity index is 2.31. The van der Waals surface area contributed by atoms with E-state index in [0.717, 1.165) is 12.3 Å². The molecule has 2 aromatic rings.